The molecule has 120 valence electrons. The molecule has 7 heteroatoms. The summed E-state index contributed by atoms with van der Waals surface area (Å²) in [6, 6.07) is 14.4. The summed E-state index contributed by atoms with van der Waals surface area (Å²) in [7, 11) is 0. The van der Waals surface area contributed by atoms with Gasteiger partial charge in [0.1, 0.15) is 5.15 Å². The zero-order chi connectivity index (χ0) is 16.9. The highest BCUT2D eigenvalue weighted by Crippen LogP contribution is 2.15. The second-order valence-corrected chi connectivity index (χ2v) is 5.61. The fourth-order valence-electron chi connectivity index (χ4n) is 2.11. The highest BCUT2D eigenvalue weighted by Gasteiger charge is 2.09. The summed E-state index contributed by atoms with van der Waals surface area (Å²) >= 11 is 11.8. The van der Waals surface area contributed by atoms with Gasteiger partial charge in [0, 0.05) is 23.1 Å². The quantitative estimate of drug-likeness (QED) is 0.436. The van der Waals surface area contributed by atoms with Crippen LogP contribution in [-0.2, 0) is 0 Å². The molecule has 0 fully saturated rings. The van der Waals surface area contributed by atoms with Crippen molar-refractivity contribution in [1.29, 1.82) is 0 Å². The van der Waals surface area contributed by atoms with Gasteiger partial charge in [-0.1, -0.05) is 23.2 Å². The molecule has 24 heavy (non-hydrogen) atoms. The van der Waals surface area contributed by atoms with Gasteiger partial charge >= 0.3 is 0 Å². The minimum atomic E-state index is -0.422. The zero-order valence-corrected chi connectivity index (χ0v) is 13.9. The number of hydrogen-bond acceptors (Lipinski definition) is 3. The molecule has 0 unspecified atom stereocenters. The molecular formula is C17H12Cl2N4O. The van der Waals surface area contributed by atoms with Gasteiger partial charge in [-0.3, -0.25) is 4.79 Å². The molecule has 2 aromatic heterocycles. The predicted octanol–water partition coefficient (Wildman–Crippen LogP) is 3.94. The van der Waals surface area contributed by atoms with Crippen LogP contribution in [0.25, 0.3) is 5.69 Å². The molecule has 1 amide bonds. The first-order valence-electron chi connectivity index (χ1n) is 7.02. The minimum Gasteiger partial charge on any atom is -0.316 e. The molecule has 0 aliphatic heterocycles. The van der Waals surface area contributed by atoms with E-state index in [0.717, 1.165) is 11.4 Å². The van der Waals surface area contributed by atoms with Crippen molar-refractivity contribution in [2.24, 2.45) is 5.10 Å². The highest BCUT2D eigenvalue weighted by atomic mass is 35.5. The highest BCUT2D eigenvalue weighted by molar-refractivity contribution is 6.32. The maximum absolute atomic E-state index is 12.0. The Hall–Kier alpha value is -2.63. The van der Waals surface area contributed by atoms with Crippen LogP contribution in [0.2, 0.25) is 10.2 Å². The second kappa shape index (κ2) is 7.29. The molecule has 0 saturated heterocycles. The summed E-state index contributed by atoms with van der Waals surface area (Å²) in [5, 5.41) is 4.78. The second-order valence-electron chi connectivity index (χ2n) is 4.82. The van der Waals surface area contributed by atoms with Gasteiger partial charge in [-0.05, 0) is 48.5 Å². The Morgan fingerprint density at radius 2 is 1.92 bits per heavy atom. The summed E-state index contributed by atoms with van der Waals surface area (Å²) < 4.78 is 1.92. The lowest BCUT2D eigenvalue weighted by atomic mass is 10.3. The van der Waals surface area contributed by atoms with Crippen molar-refractivity contribution in [3.05, 3.63) is 82.4 Å². The van der Waals surface area contributed by atoms with E-state index in [1.807, 2.05) is 47.2 Å². The molecular weight excluding hydrogens is 347 g/mol. The van der Waals surface area contributed by atoms with E-state index < -0.39 is 5.91 Å². The van der Waals surface area contributed by atoms with E-state index in [2.05, 4.69) is 15.5 Å². The van der Waals surface area contributed by atoms with Crippen molar-refractivity contribution in [2.45, 2.75) is 0 Å². The number of hydrazone groups is 1. The van der Waals surface area contributed by atoms with Gasteiger partial charge in [0.15, 0.2) is 0 Å². The molecule has 3 rings (SSSR count). The molecule has 3 aromatic rings. The minimum absolute atomic E-state index is 0.134. The fraction of sp³-hybridized carbons (Fsp3) is 0. The average Bonchev–Trinajstić information content (AvgIpc) is 3.04. The molecule has 2 heterocycles. The summed E-state index contributed by atoms with van der Waals surface area (Å²) in [4.78, 5) is 15.9. The Labute approximate surface area is 148 Å². The van der Waals surface area contributed by atoms with Crippen LogP contribution in [0.15, 0.2) is 66.0 Å². The maximum atomic E-state index is 12.0. The van der Waals surface area contributed by atoms with Gasteiger partial charge in [0.25, 0.3) is 5.91 Å². The number of benzene rings is 1. The number of nitrogens with zero attached hydrogens (tertiary/aromatic N) is 3. The molecule has 0 aliphatic rings. The van der Waals surface area contributed by atoms with E-state index in [9.17, 15) is 4.79 Å². The summed E-state index contributed by atoms with van der Waals surface area (Å²) in [5.74, 6) is -0.422. The Morgan fingerprint density at radius 3 is 2.67 bits per heavy atom. The molecule has 5 nitrogen and oxygen atoms in total. The van der Waals surface area contributed by atoms with Gasteiger partial charge in [-0.25, -0.2) is 10.4 Å². The standard InChI is InChI=1S/C17H12Cl2N4O/c18-12-5-7-13(8-6-12)23-10-2-3-14(23)11-21-22-17(24)15-4-1-9-20-16(15)19/h1-11H,(H,22,24). The Balaban J connectivity index is 1.74. The van der Waals surface area contributed by atoms with Gasteiger partial charge in [0.2, 0.25) is 0 Å². The number of carbonyl (C=O) groups is 1. The molecule has 0 aliphatic carbocycles. The lowest BCUT2D eigenvalue weighted by Crippen LogP contribution is -2.18. The molecule has 1 aromatic carbocycles. The first-order valence-corrected chi connectivity index (χ1v) is 7.78. The van der Waals surface area contributed by atoms with Crippen LogP contribution >= 0.6 is 23.2 Å². The van der Waals surface area contributed by atoms with Gasteiger partial charge < -0.3 is 4.57 Å². The maximum Gasteiger partial charge on any atom is 0.274 e. The van der Waals surface area contributed by atoms with Crippen LogP contribution in [0, 0.1) is 0 Å². The average molecular weight is 359 g/mol. The van der Waals surface area contributed by atoms with Crippen molar-refractivity contribution in [3.63, 3.8) is 0 Å². The third kappa shape index (κ3) is 3.64. The molecule has 1 N–H and O–H groups in total. The summed E-state index contributed by atoms with van der Waals surface area (Å²) in [6.45, 7) is 0. The zero-order valence-electron chi connectivity index (χ0n) is 12.4. The SMILES string of the molecule is O=C(NN=Cc1cccn1-c1ccc(Cl)cc1)c1cccnc1Cl. The molecule has 0 spiro atoms. The third-order valence-electron chi connectivity index (χ3n) is 3.25. The molecule has 0 radical (unpaired) electrons. The number of rotatable bonds is 4. The summed E-state index contributed by atoms with van der Waals surface area (Å²) in [6.07, 6.45) is 4.96. The molecule has 0 saturated carbocycles. The smallest absolute Gasteiger partial charge is 0.274 e. The lowest BCUT2D eigenvalue weighted by molar-refractivity contribution is 0.0955. The van der Waals surface area contributed by atoms with E-state index in [0.29, 0.717) is 5.02 Å². The summed E-state index contributed by atoms with van der Waals surface area (Å²) in [5.41, 5.74) is 4.44. The van der Waals surface area contributed by atoms with Gasteiger partial charge in [-0.15, -0.1) is 0 Å². The van der Waals surface area contributed by atoms with E-state index >= 15 is 0 Å². The normalized spacial score (nSPS) is 10.9. The van der Waals surface area contributed by atoms with E-state index in [1.165, 1.54) is 6.20 Å². The number of carbonyl (C=O) groups excluding carboxylic acids is 1. The largest absolute Gasteiger partial charge is 0.316 e. The Morgan fingerprint density at radius 1 is 1.12 bits per heavy atom. The topological polar surface area (TPSA) is 59.3 Å². The van der Waals surface area contributed by atoms with Crippen LogP contribution in [0.3, 0.4) is 0 Å². The van der Waals surface area contributed by atoms with Crippen LogP contribution in [0.4, 0.5) is 0 Å². The number of halogens is 2. The van der Waals surface area contributed by atoms with Crippen molar-refractivity contribution in [2.75, 3.05) is 0 Å². The van der Waals surface area contributed by atoms with Crippen molar-refractivity contribution in [3.8, 4) is 5.69 Å². The number of hydrogen-bond donors (Lipinski definition) is 1. The van der Waals surface area contributed by atoms with Crippen LogP contribution in [0.5, 0.6) is 0 Å². The monoisotopic (exact) mass is 358 g/mol. The van der Waals surface area contributed by atoms with E-state index in [-0.39, 0.29) is 10.7 Å². The van der Waals surface area contributed by atoms with Crippen molar-refractivity contribution < 1.29 is 4.79 Å². The first kappa shape index (κ1) is 16.2. The van der Waals surface area contributed by atoms with E-state index in [4.69, 9.17) is 23.2 Å². The molecule has 0 bridgehead atoms. The number of amides is 1. The Kier molecular flexibility index (Phi) is 4.93. The van der Waals surface area contributed by atoms with Gasteiger partial charge in [-0.2, -0.15) is 5.10 Å². The fourth-order valence-corrected chi connectivity index (χ4v) is 2.44. The lowest BCUT2D eigenvalue weighted by Gasteiger charge is -2.06. The number of nitrogens with one attached hydrogen (secondary N) is 1. The predicted molar refractivity (Wildman–Crippen MR) is 95.1 cm³/mol. The Bertz CT molecular complexity index is 888. The van der Waals surface area contributed by atoms with Crippen LogP contribution in [0.1, 0.15) is 16.1 Å². The van der Waals surface area contributed by atoms with E-state index in [1.54, 1.807) is 18.3 Å². The third-order valence-corrected chi connectivity index (χ3v) is 3.80. The first-order chi connectivity index (χ1) is 11.6. The van der Waals surface area contributed by atoms with Crippen molar-refractivity contribution in [1.82, 2.24) is 15.0 Å². The molecule has 0 atom stereocenters. The van der Waals surface area contributed by atoms with Crippen molar-refractivity contribution >= 4 is 35.3 Å². The van der Waals surface area contributed by atoms with Gasteiger partial charge in [0.05, 0.1) is 17.5 Å². The van der Waals surface area contributed by atoms with Crippen LogP contribution < -0.4 is 5.43 Å². The van der Waals surface area contributed by atoms with Crippen LogP contribution in [-0.4, -0.2) is 21.7 Å². The number of pyridine rings is 1. The number of aromatic nitrogens is 2.